The molecular weight excluding hydrogens is 344 g/mol. The molecule has 0 bridgehead atoms. The topological polar surface area (TPSA) is 80.0 Å². The number of thioether (sulfide) groups is 1. The quantitative estimate of drug-likeness (QED) is 0.530. The minimum absolute atomic E-state index is 0.209. The van der Waals surface area contributed by atoms with E-state index < -0.39 is 24.3 Å². The number of rotatable bonds is 8. The minimum atomic E-state index is -0.977. The van der Waals surface area contributed by atoms with Gasteiger partial charge in [-0.1, -0.05) is 18.2 Å². The second-order valence-corrected chi connectivity index (χ2v) is 6.99. The lowest BCUT2D eigenvalue weighted by Gasteiger charge is -2.07. The Morgan fingerprint density at radius 3 is 2.75 bits per heavy atom. The maximum absolute atomic E-state index is 12.0. The number of thiazole rings is 1. The zero-order valence-corrected chi connectivity index (χ0v) is 14.7. The summed E-state index contributed by atoms with van der Waals surface area (Å²) in [5.41, 5.74) is 0.762. The van der Waals surface area contributed by atoms with Crippen molar-refractivity contribution in [3.8, 4) is 6.07 Å². The van der Waals surface area contributed by atoms with E-state index in [-0.39, 0.29) is 6.42 Å². The average Bonchev–Trinajstić information content (AvgIpc) is 3.01. The van der Waals surface area contributed by atoms with Crippen LogP contribution in [0.25, 0.3) is 0 Å². The van der Waals surface area contributed by atoms with Gasteiger partial charge in [0.15, 0.2) is 18.3 Å². The summed E-state index contributed by atoms with van der Waals surface area (Å²) in [6, 6.07) is 11.6. The third-order valence-electron chi connectivity index (χ3n) is 3.03. The molecule has 0 N–H and O–H groups in total. The summed E-state index contributed by atoms with van der Waals surface area (Å²) in [6.07, 6.45) is 0.209. The molecule has 0 amide bonds. The monoisotopic (exact) mass is 360 g/mol. The molecular formula is C17H16N2O3S2. The molecule has 24 heavy (non-hydrogen) atoms. The maximum Gasteiger partial charge on any atom is 0.307 e. The third-order valence-corrected chi connectivity index (χ3v) is 5.07. The van der Waals surface area contributed by atoms with Crippen molar-refractivity contribution in [3.63, 3.8) is 0 Å². The highest BCUT2D eigenvalue weighted by molar-refractivity contribution is 7.99. The van der Waals surface area contributed by atoms with E-state index in [4.69, 9.17) is 10.00 Å². The molecule has 0 radical (unpaired) electrons. The van der Waals surface area contributed by atoms with Gasteiger partial charge in [-0.15, -0.1) is 23.1 Å². The van der Waals surface area contributed by atoms with E-state index >= 15 is 0 Å². The van der Waals surface area contributed by atoms with Crippen molar-refractivity contribution in [1.29, 1.82) is 5.26 Å². The number of hydrogen-bond donors (Lipinski definition) is 0. The normalized spacial score (nSPS) is 11.5. The van der Waals surface area contributed by atoms with Crippen molar-refractivity contribution in [3.05, 3.63) is 46.4 Å². The van der Waals surface area contributed by atoms with Crippen molar-refractivity contribution < 1.29 is 14.3 Å². The smallest absolute Gasteiger partial charge is 0.307 e. The molecule has 0 aliphatic carbocycles. The molecule has 5 nitrogen and oxygen atoms in total. The fraction of sp³-hybridized carbons (Fsp3) is 0.294. The van der Waals surface area contributed by atoms with Gasteiger partial charge < -0.3 is 4.74 Å². The molecule has 0 unspecified atom stereocenters. The molecule has 1 aromatic heterocycles. The number of Topliss-reactive ketones (excluding diaryl/α,β-unsaturated/α-hetero) is 1. The predicted octanol–water partition coefficient (Wildman–Crippen LogP) is 3.35. The van der Waals surface area contributed by atoms with Gasteiger partial charge in [0, 0.05) is 21.7 Å². The lowest BCUT2D eigenvalue weighted by atomic mass is 10.1. The lowest BCUT2D eigenvalue weighted by Crippen LogP contribution is -2.20. The van der Waals surface area contributed by atoms with Gasteiger partial charge in [-0.3, -0.25) is 9.59 Å². The summed E-state index contributed by atoms with van der Waals surface area (Å²) in [6.45, 7) is 1.40. The second-order valence-electron chi connectivity index (χ2n) is 4.93. The molecule has 0 aliphatic rings. The Morgan fingerprint density at radius 1 is 1.38 bits per heavy atom. The Balaban J connectivity index is 1.74. The molecule has 2 aromatic rings. The molecule has 0 aliphatic heterocycles. The van der Waals surface area contributed by atoms with Crippen LogP contribution < -0.4 is 0 Å². The molecule has 0 spiro atoms. The van der Waals surface area contributed by atoms with Crippen LogP contribution in [-0.4, -0.2) is 29.1 Å². The average molecular weight is 360 g/mol. The molecule has 124 valence electrons. The van der Waals surface area contributed by atoms with Gasteiger partial charge in [-0.05, 0) is 19.1 Å². The first-order chi connectivity index (χ1) is 11.6. The van der Waals surface area contributed by atoms with Crippen molar-refractivity contribution in [2.45, 2.75) is 24.2 Å². The van der Waals surface area contributed by atoms with Crippen LogP contribution in [0.4, 0.5) is 0 Å². The van der Waals surface area contributed by atoms with Gasteiger partial charge in [0.2, 0.25) is 0 Å². The van der Waals surface area contributed by atoms with Gasteiger partial charge >= 0.3 is 5.97 Å². The van der Waals surface area contributed by atoms with Crippen molar-refractivity contribution in [2.24, 2.45) is 0 Å². The highest BCUT2D eigenvalue weighted by Gasteiger charge is 2.24. The molecule has 0 fully saturated rings. The first-order valence-electron chi connectivity index (χ1n) is 7.28. The summed E-state index contributed by atoms with van der Waals surface area (Å²) in [7, 11) is 0. The van der Waals surface area contributed by atoms with E-state index in [0.717, 1.165) is 10.6 Å². The fourth-order valence-corrected chi connectivity index (χ4v) is 3.56. The Hall–Kier alpha value is -2.17. The Morgan fingerprint density at radius 2 is 2.12 bits per heavy atom. The Bertz CT molecular complexity index is 738. The van der Waals surface area contributed by atoms with Gasteiger partial charge in [0.05, 0.1) is 12.5 Å². The number of aryl methyl sites for hydroxylation is 1. The van der Waals surface area contributed by atoms with E-state index in [2.05, 4.69) is 4.98 Å². The zero-order valence-electron chi connectivity index (χ0n) is 13.1. The second kappa shape index (κ2) is 9.21. The summed E-state index contributed by atoms with van der Waals surface area (Å²) in [5.74, 6) is -1.30. The zero-order chi connectivity index (χ0) is 17.4. The Kier molecular flexibility index (Phi) is 6.97. The molecule has 1 atom stereocenters. The highest BCUT2D eigenvalue weighted by Crippen LogP contribution is 2.21. The van der Waals surface area contributed by atoms with Crippen LogP contribution in [0.1, 0.15) is 23.0 Å². The summed E-state index contributed by atoms with van der Waals surface area (Å²) in [4.78, 5) is 29.0. The van der Waals surface area contributed by atoms with E-state index in [0.29, 0.717) is 10.8 Å². The number of nitrogens with zero attached hydrogens (tertiary/aromatic N) is 2. The molecule has 1 heterocycles. The van der Waals surface area contributed by atoms with E-state index in [1.165, 1.54) is 11.3 Å². The number of aromatic nitrogens is 1. The number of ether oxygens (including phenoxy) is 1. The fourth-order valence-electron chi connectivity index (χ4n) is 1.85. The first kappa shape index (κ1) is 18.2. The number of hydrogen-bond acceptors (Lipinski definition) is 7. The van der Waals surface area contributed by atoms with Crippen LogP contribution in [0.15, 0.2) is 40.6 Å². The van der Waals surface area contributed by atoms with Gasteiger partial charge in [0.1, 0.15) is 5.01 Å². The van der Waals surface area contributed by atoms with Crippen LogP contribution in [0, 0.1) is 18.3 Å². The van der Waals surface area contributed by atoms with E-state index in [9.17, 15) is 9.59 Å². The largest absolute Gasteiger partial charge is 0.458 e. The number of esters is 1. The summed E-state index contributed by atoms with van der Waals surface area (Å²) in [5, 5.41) is 11.4. The summed E-state index contributed by atoms with van der Waals surface area (Å²) < 4.78 is 4.98. The predicted molar refractivity (Wildman–Crippen MR) is 93.0 cm³/mol. The molecule has 0 saturated carbocycles. The van der Waals surface area contributed by atoms with Crippen LogP contribution in [0.2, 0.25) is 0 Å². The minimum Gasteiger partial charge on any atom is -0.458 e. The Labute approximate surface area is 148 Å². The van der Waals surface area contributed by atoms with Gasteiger partial charge in [-0.2, -0.15) is 5.26 Å². The van der Waals surface area contributed by atoms with Crippen LogP contribution in [0.5, 0.6) is 0 Å². The maximum atomic E-state index is 12.0. The third kappa shape index (κ3) is 5.48. The van der Waals surface area contributed by atoms with Crippen LogP contribution >= 0.6 is 23.1 Å². The van der Waals surface area contributed by atoms with Crippen molar-refractivity contribution in [2.75, 3.05) is 12.4 Å². The SMILES string of the molecule is Cc1csc([C@@H](C#N)C(=O)COC(=O)CCSc2ccccc2)n1. The number of carbonyl (C=O) groups excluding carboxylic acids is 2. The first-order valence-corrected chi connectivity index (χ1v) is 9.14. The standard InChI is InChI=1S/C17H16N2O3S2/c1-12-11-24-17(19-12)14(9-18)15(20)10-22-16(21)7-8-23-13-5-3-2-4-6-13/h2-6,11,14H,7-8,10H2,1H3/t14-/m0/s1. The number of carbonyl (C=O) groups is 2. The van der Waals surface area contributed by atoms with Crippen LogP contribution in [0.3, 0.4) is 0 Å². The van der Waals surface area contributed by atoms with E-state index in [1.807, 2.05) is 36.4 Å². The number of nitriles is 1. The molecule has 0 saturated heterocycles. The molecule has 2 rings (SSSR count). The van der Waals surface area contributed by atoms with Gasteiger partial charge in [0.25, 0.3) is 0 Å². The lowest BCUT2D eigenvalue weighted by molar-refractivity contribution is -0.147. The highest BCUT2D eigenvalue weighted by atomic mass is 32.2. The molecule has 1 aromatic carbocycles. The number of benzene rings is 1. The van der Waals surface area contributed by atoms with Crippen molar-refractivity contribution in [1.82, 2.24) is 4.98 Å². The summed E-state index contributed by atoms with van der Waals surface area (Å²) >= 11 is 2.81. The van der Waals surface area contributed by atoms with Crippen LogP contribution in [-0.2, 0) is 14.3 Å². The number of ketones is 1. The molecule has 7 heteroatoms. The van der Waals surface area contributed by atoms with Crippen molar-refractivity contribution >= 4 is 34.9 Å². The van der Waals surface area contributed by atoms with Gasteiger partial charge in [-0.25, -0.2) is 4.98 Å². The van der Waals surface area contributed by atoms with E-state index in [1.54, 1.807) is 24.1 Å².